The number of halogens is 2. The van der Waals surface area contributed by atoms with Crippen LogP contribution in [-0.2, 0) is 5.75 Å². The van der Waals surface area contributed by atoms with Crippen molar-refractivity contribution >= 4 is 27.7 Å². The Bertz CT molecular complexity index is 586. The van der Waals surface area contributed by atoms with Gasteiger partial charge in [-0.15, -0.1) is 11.8 Å². The molecule has 0 saturated heterocycles. The molecule has 0 aliphatic rings. The van der Waals surface area contributed by atoms with E-state index >= 15 is 0 Å². The number of benzene rings is 2. The highest BCUT2D eigenvalue weighted by Gasteiger charge is 2.04. The summed E-state index contributed by atoms with van der Waals surface area (Å²) in [4.78, 5) is 1.22. The van der Waals surface area contributed by atoms with Crippen molar-refractivity contribution in [2.75, 3.05) is 6.54 Å². The Labute approximate surface area is 138 Å². The van der Waals surface area contributed by atoms with Crippen LogP contribution in [-0.4, -0.2) is 6.54 Å². The van der Waals surface area contributed by atoms with Crippen molar-refractivity contribution in [3.05, 3.63) is 63.9 Å². The molecule has 2 aromatic rings. The molecule has 0 bridgehead atoms. The molecule has 112 valence electrons. The first-order valence-corrected chi connectivity index (χ1v) is 8.78. The van der Waals surface area contributed by atoms with E-state index in [9.17, 15) is 4.39 Å². The summed E-state index contributed by atoms with van der Waals surface area (Å²) in [5.41, 5.74) is 2.41. The lowest BCUT2D eigenvalue weighted by atomic mass is 10.1. The first-order chi connectivity index (χ1) is 10.1. The van der Waals surface area contributed by atoms with Gasteiger partial charge < -0.3 is 5.32 Å². The molecule has 0 aliphatic carbocycles. The van der Waals surface area contributed by atoms with Gasteiger partial charge in [-0.1, -0.05) is 25.1 Å². The number of nitrogens with one attached hydrogen (secondary N) is 1. The van der Waals surface area contributed by atoms with Crippen molar-refractivity contribution in [2.45, 2.75) is 30.5 Å². The van der Waals surface area contributed by atoms with Gasteiger partial charge >= 0.3 is 0 Å². The van der Waals surface area contributed by atoms with E-state index in [0.29, 0.717) is 10.5 Å². The van der Waals surface area contributed by atoms with Crippen LogP contribution in [0, 0.1) is 5.82 Å². The molecule has 0 heterocycles. The van der Waals surface area contributed by atoms with Crippen LogP contribution < -0.4 is 5.32 Å². The molecular formula is C17H19BrFNS. The van der Waals surface area contributed by atoms with Gasteiger partial charge in [0.2, 0.25) is 0 Å². The van der Waals surface area contributed by atoms with Gasteiger partial charge in [-0.05, 0) is 64.8 Å². The van der Waals surface area contributed by atoms with Crippen molar-refractivity contribution in [1.82, 2.24) is 5.32 Å². The third-order valence-electron chi connectivity index (χ3n) is 3.28. The number of rotatable bonds is 6. The summed E-state index contributed by atoms with van der Waals surface area (Å²) >= 11 is 4.98. The van der Waals surface area contributed by atoms with Gasteiger partial charge in [0, 0.05) is 16.7 Å². The second-order valence-electron chi connectivity index (χ2n) is 4.89. The summed E-state index contributed by atoms with van der Waals surface area (Å²) in [6, 6.07) is 14.2. The highest BCUT2D eigenvalue weighted by Crippen LogP contribution is 2.26. The summed E-state index contributed by atoms with van der Waals surface area (Å²) < 4.78 is 13.7. The average Bonchev–Trinajstić information content (AvgIpc) is 2.49. The lowest BCUT2D eigenvalue weighted by Gasteiger charge is -2.13. The van der Waals surface area contributed by atoms with Gasteiger partial charge in [-0.3, -0.25) is 0 Å². The first-order valence-electron chi connectivity index (χ1n) is 7.00. The van der Waals surface area contributed by atoms with E-state index in [2.05, 4.69) is 59.4 Å². The minimum atomic E-state index is -0.217. The third kappa shape index (κ3) is 4.83. The third-order valence-corrected chi connectivity index (χ3v) is 4.97. The molecule has 1 atom stereocenters. The van der Waals surface area contributed by atoms with Crippen LogP contribution in [0.5, 0.6) is 0 Å². The van der Waals surface area contributed by atoms with Crippen LogP contribution in [0.2, 0.25) is 0 Å². The van der Waals surface area contributed by atoms with Gasteiger partial charge in [0.15, 0.2) is 0 Å². The minimum Gasteiger partial charge on any atom is -0.310 e. The Morgan fingerprint density at radius 3 is 2.52 bits per heavy atom. The standard InChI is InChI=1S/C17H19BrFNS/c1-3-20-12(2)14-5-7-15(8-6-14)21-11-13-4-9-17(19)16(18)10-13/h4-10,12,20H,3,11H2,1-2H3. The predicted molar refractivity (Wildman–Crippen MR) is 92.2 cm³/mol. The Hall–Kier alpha value is -0.840. The van der Waals surface area contributed by atoms with Gasteiger partial charge in [-0.2, -0.15) is 0 Å². The molecule has 0 fully saturated rings. The number of hydrogen-bond donors (Lipinski definition) is 1. The molecule has 1 nitrogen and oxygen atoms in total. The maximum Gasteiger partial charge on any atom is 0.137 e. The van der Waals surface area contributed by atoms with E-state index in [1.807, 2.05) is 12.1 Å². The number of hydrogen-bond acceptors (Lipinski definition) is 2. The van der Waals surface area contributed by atoms with Crippen LogP contribution in [0.15, 0.2) is 51.8 Å². The minimum absolute atomic E-state index is 0.217. The summed E-state index contributed by atoms with van der Waals surface area (Å²) in [6.07, 6.45) is 0. The van der Waals surface area contributed by atoms with Crippen molar-refractivity contribution in [3.8, 4) is 0 Å². The van der Waals surface area contributed by atoms with E-state index in [1.165, 1.54) is 16.5 Å². The Morgan fingerprint density at radius 1 is 1.19 bits per heavy atom. The second-order valence-corrected chi connectivity index (χ2v) is 6.79. The summed E-state index contributed by atoms with van der Waals surface area (Å²) in [5.74, 6) is 0.617. The average molecular weight is 368 g/mol. The van der Waals surface area contributed by atoms with Gasteiger partial charge in [0.05, 0.1) is 4.47 Å². The summed E-state index contributed by atoms with van der Waals surface area (Å²) in [7, 11) is 0. The first kappa shape index (κ1) is 16.5. The second kappa shape index (κ2) is 7.97. The Balaban J connectivity index is 1.95. The smallest absolute Gasteiger partial charge is 0.137 e. The largest absolute Gasteiger partial charge is 0.310 e. The normalized spacial score (nSPS) is 12.4. The molecule has 1 unspecified atom stereocenters. The van der Waals surface area contributed by atoms with Gasteiger partial charge in [-0.25, -0.2) is 4.39 Å². The van der Waals surface area contributed by atoms with Gasteiger partial charge in [0.1, 0.15) is 5.82 Å². The Morgan fingerprint density at radius 2 is 1.90 bits per heavy atom. The molecule has 21 heavy (non-hydrogen) atoms. The zero-order valence-corrected chi connectivity index (χ0v) is 14.6. The zero-order chi connectivity index (χ0) is 15.2. The van der Waals surface area contributed by atoms with Gasteiger partial charge in [0.25, 0.3) is 0 Å². The SMILES string of the molecule is CCNC(C)c1ccc(SCc2ccc(F)c(Br)c2)cc1. The highest BCUT2D eigenvalue weighted by molar-refractivity contribution is 9.10. The molecule has 0 aliphatic heterocycles. The fraction of sp³-hybridized carbons (Fsp3) is 0.294. The molecule has 0 saturated carbocycles. The molecule has 1 N–H and O–H groups in total. The monoisotopic (exact) mass is 367 g/mol. The van der Waals surface area contributed by atoms with E-state index in [-0.39, 0.29) is 5.82 Å². The maximum absolute atomic E-state index is 13.2. The maximum atomic E-state index is 13.2. The summed E-state index contributed by atoms with van der Waals surface area (Å²) in [6.45, 7) is 5.25. The molecule has 4 heteroatoms. The topological polar surface area (TPSA) is 12.0 Å². The highest BCUT2D eigenvalue weighted by atomic mass is 79.9. The zero-order valence-electron chi connectivity index (χ0n) is 12.2. The molecule has 0 spiro atoms. The van der Waals surface area contributed by atoms with Crippen molar-refractivity contribution in [2.24, 2.45) is 0 Å². The van der Waals surface area contributed by atoms with Crippen LogP contribution in [0.25, 0.3) is 0 Å². The van der Waals surface area contributed by atoms with E-state index in [0.717, 1.165) is 17.9 Å². The predicted octanol–water partition coefficient (Wildman–Crippen LogP) is 5.55. The van der Waals surface area contributed by atoms with Crippen LogP contribution in [0.4, 0.5) is 4.39 Å². The summed E-state index contributed by atoms with van der Waals surface area (Å²) in [5, 5.41) is 3.40. The molecule has 0 amide bonds. The molecule has 0 aromatic heterocycles. The number of thioether (sulfide) groups is 1. The Kier molecular flexibility index (Phi) is 6.27. The fourth-order valence-corrected chi connectivity index (χ4v) is 3.34. The fourth-order valence-electron chi connectivity index (χ4n) is 2.07. The molecule has 2 aromatic carbocycles. The van der Waals surface area contributed by atoms with E-state index in [4.69, 9.17) is 0 Å². The van der Waals surface area contributed by atoms with Crippen molar-refractivity contribution in [1.29, 1.82) is 0 Å². The lowest BCUT2D eigenvalue weighted by molar-refractivity contribution is 0.598. The van der Waals surface area contributed by atoms with Crippen LogP contribution >= 0.6 is 27.7 Å². The van der Waals surface area contributed by atoms with Crippen LogP contribution in [0.1, 0.15) is 31.0 Å². The van der Waals surface area contributed by atoms with Crippen molar-refractivity contribution in [3.63, 3.8) is 0 Å². The van der Waals surface area contributed by atoms with Crippen LogP contribution in [0.3, 0.4) is 0 Å². The van der Waals surface area contributed by atoms with Crippen molar-refractivity contribution < 1.29 is 4.39 Å². The quantitative estimate of drug-likeness (QED) is 0.671. The van der Waals surface area contributed by atoms with E-state index in [1.54, 1.807) is 11.8 Å². The van der Waals surface area contributed by atoms with E-state index < -0.39 is 0 Å². The molecular weight excluding hydrogens is 349 g/mol. The molecule has 2 rings (SSSR count). The lowest BCUT2D eigenvalue weighted by Crippen LogP contribution is -2.17. The molecule has 0 radical (unpaired) electrons.